The summed E-state index contributed by atoms with van der Waals surface area (Å²) >= 11 is 0. The lowest BCUT2D eigenvalue weighted by Gasteiger charge is -2.24. The SMILES string of the molecule is CN(CC1CCCO1)c1ccccc1C(=O)O. The second-order valence-electron chi connectivity index (χ2n) is 4.34. The van der Waals surface area contributed by atoms with Crippen LogP contribution in [0.5, 0.6) is 0 Å². The smallest absolute Gasteiger partial charge is 0.337 e. The van der Waals surface area contributed by atoms with E-state index in [1.807, 2.05) is 24.1 Å². The topological polar surface area (TPSA) is 49.8 Å². The van der Waals surface area contributed by atoms with Crippen molar-refractivity contribution in [3.8, 4) is 0 Å². The van der Waals surface area contributed by atoms with E-state index in [9.17, 15) is 4.79 Å². The zero-order valence-corrected chi connectivity index (χ0v) is 9.93. The van der Waals surface area contributed by atoms with Crippen LogP contribution < -0.4 is 4.90 Å². The average Bonchev–Trinajstić information content (AvgIpc) is 2.81. The summed E-state index contributed by atoms with van der Waals surface area (Å²) in [6.45, 7) is 1.56. The minimum Gasteiger partial charge on any atom is -0.478 e. The molecule has 0 amide bonds. The van der Waals surface area contributed by atoms with Crippen molar-refractivity contribution in [3.05, 3.63) is 29.8 Å². The maximum absolute atomic E-state index is 11.1. The van der Waals surface area contributed by atoms with E-state index in [2.05, 4.69) is 0 Å². The van der Waals surface area contributed by atoms with Gasteiger partial charge in [-0.05, 0) is 25.0 Å². The van der Waals surface area contributed by atoms with Crippen molar-refractivity contribution < 1.29 is 14.6 Å². The fourth-order valence-corrected chi connectivity index (χ4v) is 2.18. The molecule has 1 heterocycles. The zero-order valence-electron chi connectivity index (χ0n) is 9.93. The highest BCUT2D eigenvalue weighted by Gasteiger charge is 2.19. The second kappa shape index (κ2) is 5.19. The zero-order chi connectivity index (χ0) is 12.3. The molecule has 0 radical (unpaired) electrons. The van der Waals surface area contributed by atoms with Crippen molar-refractivity contribution in [2.24, 2.45) is 0 Å². The lowest BCUT2D eigenvalue weighted by atomic mass is 10.1. The maximum atomic E-state index is 11.1. The number of carboxylic acids is 1. The van der Waals surface area contributed by atoms with Crippen molar-refractivity contribution in [2.45, 2.75) is 18.9 Å². The largest absolute Gasteiger partial charge is 0.478 e. The Bertz CT molecular complexity index is 399. The van der Waals surface area contributed by atoms with Gasteiger partial charge in [0.05, 0.1) is 17.4 Å². The normalized spacial score (nSPS) is 19.2. The fourth-order valence-electron chi connectivity index (χ4n) is 2.18. The van der Waals surface area contributed by atoms with Gasteiger partial charge < -0.3 is 14.7 Å². The first kappa shape index (κ1) is 11.9. The predicted molar refractivity (Wildman–Crippen MR) is 65.6 cm³/mol. The quantitative estimate of drug-likeness (QED) is 0.867. The van der Waals surface area contributed by atoms with Gasteiger partial charge in [0.15, 0.2) is 0 Å². The Morgan fingerprint density at radius 1 is 1.53 bits per heavy atom. The summed E-state index contributed by atoms with van der Waals surface area (Å²) in [4.78, 5) is 13.1. The number of aromatic carboxylic acids is 1. The second-order valence-corrected chi connectivity index (χ2v) is 4.34. The minimum absolute atomic E-state index is 0.224. The molecule has 2 rings (SSSR count). The standard InChI is InChI=1S/C13H17NO3/c1-14(9-10-5-4-8-17-10)12-7-3-2-6-11(12)13(15)16/h2-3,6-7,10H,4-5,8-9H2,1H3,(H,15,16). The van der Waals surface area contributed by atoms with Crippen LogP contribution in [0.2, 0.25) is 0 Å². The lowest BCUT2D eigenvalue weighted by Crippen LogP contribution is -2.29. The van der Waals surface area contributed by atoms with Crippen LogP contribution in [0.4, 0.5) is 5.69 Å². The van der Waals surface area contributed by atoms with Crippen LogP contribution >= 0.6 is 0 Å². The molecule has 1 fully saturated rings. The molecule has 1 aromatic carbocycles. The van der Waals surface area contributed by atoms with Crippen LogP contribution in [0.15, 0.2) is 24.3 Å². The first-order valence-electron chi connectivity index (χ1n) is 5.83. The molecule has 1 aromatic rings. The number of anilines is 1. The summed E-state index contributed by atoms with van der Waals surface area (Å²) in [5.41, 5.74) is 1.09. The average molecular weight is 235 g/mol. The molecule has 1 unspecified atom stereocenters. The van der Waals surface area contributed by atoms with Crippen molar-refractivity contribution >= 4 is 11.7 Å². The molecule has 17 heavy (non-hydrogen) atoms. The Hall–Kier alpha value is -1.55. The predicted octanol–water partition coefficient (Wildman–Crippen LogP) is 2.00. The van der Waals surface area contributed by atoms with E-state index in [0.29, 0.717) is 5.56 Å². The van der Waals surface area contributed by atoms with Crippen molar-refractivity contribution in [3.63, 3.8) is 0 Å². The van der Waals surface area contributed by atoms with Crippen LogP contribution in [0.25, 0.3) is 0 Å². The van der Waals surface area contributed by atoms with E-state index in [4.69, 9.17) is 9.84 Å². The Morgan fingerprint density at radius 3 is 2.94 bits per heavy atom. The molecule has 0 saturated carbocycles. The third-order valence-electron chi connectivity index (χ3n) is 3.05. The Labute approximate surface area is 101 Å². The third kappa shape index (κ3) is 2.77. The number of hydrogen-bond donors (Lipinski definition) is 1. The number of likely N-dealkylation sites (N-methyl/N-ethyl adjacent to an activating group) is 1. The third-order valence-corrected chi connectivity index (χ3v) is 3.05. The fraction of sp³-hybridized carbons (Fsp3) is 0.462. The van der Waals surface area contributed by atoms with Gasteiger partial charge in [0.1, 0.15) is 0 Å². The number of hydrogen-bond acceptors (Lipinski definition) is 3. The highest BCUT2D eigenvalue weighted by molar-refractivity contribution is 5.94. The van der Waals surface area contributed by atoms with E-state index in [1.54, 1.807) is 12.1 Å². The summed E-state index contributed by atoms with van der Waals surface area (Å²) in [6.07, 6.45) is 2.38. The number of para-hydroxylation sites is 1. The van der Waals surface area contributed by atoms with Crippen LogP contribution in [-0.4, -0.2) is 37.4 Å². The first-order valence-corrected chi connectivity index (χ1v) is 5.83. The molecule has 92 valence electrons. The summed E-state index contributed by atoms with van der Waals surface area (Å²) in [5, 5.41) is 9.12. The van der Waals surface area contributed by atoms with E-state index in [-0.39, 0.29) is 6.10 Å². The van der Waals surface area contributed by atoms with E-state index >= 15 is 0 Å². The molecular formula is C13H17NO3. The van der Waals surface area contributed by atoms with Crippen molar-refractivity contribution in [2.75, 3.05) is 25.1 Å². The first-order chi connectivity index (χ1) is 8.18. The molecule has 1 aliphatic rings. The van der Waals surface area contributed by atoms with Gasteiger partial charge in [-0.15, -0.1) is 0 Å². The molecule has 1 aliphatic heterocycles. The highest BCUT2D eigenvalue weighted by Crippen LogP contribution is 2.21. The summed E-state index contributed by atoms with van der Waals surface area (Å²) in [5.74, 6) is -0.889. The number of ether oxygens (including phenoxy) is 1. The van der Waals surface area contributed by atoms with Crippen LogP contribution in [0, 0.1) is 0 Å². The Balaban J connectivity index is 2.12. The van der Waals surface area contributed by atoms with E-state index in [1.165, 1.54) is 0 Å². The maximum Gasteiger partial charge on any atom is 0.337 e. The minimum atomic E-state index is -0.889. The Morgan fingerprint density at radius 2 is 2.29 bits per heavy atom. The number of rotatable bonds is 4. The highest BCUT2D eigenvalue weighted by atomic mass is 16.5. The molecule has 1 saturated heterocycles. The van der Waals surface area contributed by atoms with Gasteiger partial charge >= 0.3 is 5.97 Å². The molecular weight excluding hydrogens is 218 g/mol. The van der Waals surface area contributed by atoms with Crippen LogP contribution in [-0.2, 0) is 4.74 Å². The molecule has 4 heteroatoms. The summed E-state index contributed by atoms with van der Waals surface area (Å²) in [6, 6.07) is 7.06. The van der Waals surface area contributed by atoms with Crippen molar-refractivity contribution in [1.29, 1.82) is 0 Å². The van der Waals surface area contributed by atoms with Gasteiger partial charge in [0.25, 0.3) is 0 Å². The lowest BCUT2D eigenvalue weighted by molar-refractivity contribution is 0.0697. The monoisotopic (exact) mass is 235 g/mol. The summed E-state index contributed by atoms with van der Waals surface area (Å²) < 4.78 is 5.56. The Kier molecular flexibility index (Phi) is 3.64. The van der Waals surface area contributed by atoms with E-state index in [0.717, 1.165) is 31.7 Å². The number of benzene rings is 1. The van der Waals surface area contributed by atoms with Crippen LogP contribution in [0.1, 0.15) is 23.2 Å². The number of carboxylic acid groups (broad SMARTS) is 1. The molecule has 0 spiro atoms. The van der Waals surface area contributed by atoms with Gasteiger partial charge in [0, 0.05) is 20.2 Å². The van der Waals surface area contributed by atoms with Gasteiger partial charge in [-0.1, -0.05) is 12.1 Å². The number of carbonyl (C=O) groups is 1. The molecule has 0 bridgehead atoms. The van der Waals surface area contributed by atoms with E-state index < -0.39 is 5.97 Å². The van der Waals surface area contributed by atoms with Gasteiger partial charge in [0.2, 0.25) is 0 Å². The summed E-state index contributed by atoms with van der Waals surface area (Å²) in [7, 11) is 1.91. The molecule has 0 aromatic heterocycles. The van der Waals surface area contributed by atoms with Crippen LogP contribution in [0.3, 0.4) is 0 Å². The number of nitrogens with zero attached hydrogens (tertiary/aromatic N) is 1. The molecule has 1 atom stereocenters. The van der Waals surface area contributed by atoms with Gasteiger partial charge in [-0.25, -0.2) is 4.79 Å². The van der Waals surface area contributed by atoms with Gasteiger partial charge in [-0.2, -0.15) is 0 Å². The molecule has 0 aliphatic carbocycles. The van der Waals surface area contributed by atoms with Crippen molar-refractivity contribution in [1.82, 2.24) is 0 Å². The van der Waals surface area contributed by atoms with Gasteiger partial charge in [-0.3, -0.25) is 0 Å². The molecule has 1 N–H and O–H groups in total. The molecule has 4 nitrogen and oxygen atoms in total.